The topological polar surface area (TPSA) is 58.2 Å². The molecule has 1 fully saturated rings. The number of thioether (sulfide) groups is 1. The fraction of sp³-hybridized carbons (Fsp3) is 0.600. The summed E-state index contributed by atoms with van der Waals surface area (Å²) in [5.41, 5.74) is 2.01. The van der Waals surface area contributed by atoms with Gasteiger partial charge in [-0.3, -0.25) is 0 Å². The summed E-state index contributed by atoms with van der Waals surface area (Å²) >= 11 is 1.86. The highest BCUT2D eigenvalue weighted by molar-refractivity contribution is 8.00. The van der Waals surface area contributed by atoms with E-state index in [2.05, 4.69) is 17.0 Å². The van der Waals surface area contributed by atoms with Gasteiger partial charge in [0.1, 0.15) is 0 Å². The summed E-state index contributed by atoms with van der Waals surface area (Å²) in [4.78, 5) is 0. The second-order valence-electron chi connectivity index (χ2n) is 5.34. The molecule has 1 aliphatic rings. The largest absolute Gasteiger partial charge is 0.313 e. The van der Waals surface area contributed by atoms with Crippen molar-refractivity contribution in [2.75, 3.05) is 18.8 Å². The lowest BCUT2D eigenvalue weighted by Gasteiger charge is -2.11. The monoisotopic (exact) mass is 328 g/mol. The van der Waals surface area contributed by atoms with E-state index in [9.17, 15) is 8.42 Å². The van der Waals surface area contributed by atoms with Crippen LogP contribution in [0.2, 0.25) is 0 Å². The SMILES string of the molecule is CCNCc1ccc(CS(=O)(=O)NCC2CCCS2)cc1. The van der Waals surface area contributed by atoms with Crippen molar-refractivity contribution in [3.8, 4) is 0 Å². The van der Waals surface area contributed by atoms with Gasteiger partial charge in [0.05, 0.1) is 5.75 Å². The predicted octanol–water partition coefficient (Wildman–Crippen LogP) is 2.11. The Bertz CT molecular complexity index is 523. The van der Waals surface area contributed by atoms with Gasteiger partial charge < -0.3 is 5.32 Å². The Morgan fingerprint density at radius 3 is 2.57 bits per heavy atom. The van der Waals surface area contributed by atoms with Gasteiger partial charge in [-0.2, -0.15) is 11.8 Å². The zero-order valence-corrected chi connectivity index (χ0v) is 14.1. The van der Waals surface area contributed by atoms with Crippen molar-refractivity contribution < 1.29 is 8.42 Å². The molecule has 1 aliphatic heterocycles. The van der Waals surface area contributed by atoms with Crippen molar-refractivity contribution in [3.63, 3.8) is 0 Å². The Morgan fingerprint density at radius 1 is 1.24 bits per heavy atom. The van der Waals surface area contributed by atoms with Crippen LogP contribution in [0, 0.1) is 0 Å². The van der Waals surface area contributed by atoms with Gasteiger partial charge >= 0.3 is 0 Å². The molecule has 0 amide bonds. The van der Waals surface area contributed by atoms with Crippen LogP contribution in [0.3, 0.4) is 0 Å². The zero-order valence-electron chi connectivity index (χ0n) is 12.5. The molecule has 6 heteroatoms. The molecule has 1 atom stereocenters. The van der Waals surface area contributed by atoms with Crippen LogP contribution in [0.5, 0.6) is 0 Å². The van der Waals surface area contributed by atoms with Crippen LogP contribution in [-0.2, 0) is 22.3 Å². The molecule has 0 saturated carbocycles. The highest BCUT2D eigenvalue weighted by Gasteiger charge is 2.19. The summed E-state index contributed by atoms with van der Waals surface area (Å²) in [5, 5.41) is 3.70. The molecule has 1 unspecified atom stereocenters. The minimum atomic E-state index is -3.23. The first-order valence-corrected chi connectivity index (χ1v) is 10.2. The average Bonchev–Trinajstić information content (AvgIpc) is 2.98. The van der Waals surface area contributed by atoms with Crippen molar-refractivity contribution in [1.29, 1.82) is 0 Å². The van der Waals surface area contributed by atoms with Crippen LogP contribution in [0.4, 0.5) is 0 Å². The molecule has 2 rings (SSSR count). The summed E-state index contributed by atoms with van der Waals surface area (Å²) in [6.45, 7) is 4.38. The van der Waals surface area contributed by atoms with E-state index in [1.165, 1.54) is 12.0 Å². The third-order valence-corrected chi connectivity index (χ3v) is 6.23. The molecule has 1 aromatic carbocycles. The standard InChI is InChI=1S/C15H24N2O2S2/c1-2-16-10-13-5-7-14(8-6-13)12-21(18,19)17-11-15-4-3-9-20-15/h5-8,15-17H,2-4,9-12H2,1H3. The summed E-state index contributed by atoms with van der Waals surface area (Å²) < 4.78 is 26.9. The maximum atomic E-state index is 12.1. The van der Waals surface area contributed by atoms with E-state index in [4.69, 9.17) is 0 Å². The lowest BCUT2D eigenvalue weighted by atomic mass is 10.1. The summed E-state index contributed by atoms with van der Waals surface area (Å²) in [6.07, 6.45) is 2.32. The van der Waals surface area contributed by atoms with Gasteiger partial charge in [0.15, 0.2) is 0 Å². The molecule has 0 aromatic heterocycles. The normalized spacial score (nSPS) is 19.0. The molecule has 2 N–H and O–H groups in total. The highest BCUT2D eigenvalue weighted by atomic mass is 32.2. The van der Waals surface area contributed by atoms with E-state index in [0.29, 0.717) is 11.8 Å². The average molecular weight is 329 g/mol. The van der Waals surface area contributed by atoms with E-state index in [1.54, 1.807) is 0 Å². The lowest BCUT2D eigenvalue weighted by molar-refractivity contribution is 0.578. The van der Waals surface area contributed by atoms with E-state index in [1.807, 2.05) is 36.0 Å². The maximum absolute atomic E-state index is 12.1. The van der Waals surface area contributed by atoms with Crippen molar-refractivity contribution in [1.82, 2.24) is 10.0 Å². The molecular weight excluding hydrogens is 304 g/mol. The molecule has 0 aliphatic carbocycles. The van der Waals surface area contributed by atoms with Gasteiger partial charge in [-0.1, -0.05) is 31.2 Å². The molecule has 0 radical (unpaired) electrons. The second-order valence-corrected chi connectivity index (χ2v) is 8.55. The molecule has 0 bridgehead atoms. The van der Waals surface area contributed by atoms with E-state index in [0.717, 1.165) is 30.8 Å². The number of sulfonamides is 1. The van der Waals surface area contributed by atoms with Gasteiger partial charge in [-0.25, -0.2) is 13.1 Å². The zero-order chi connectivity index (χ0) is 15.1. The number of nitrogens with one attached hydrogen (secondary N) is 2. The first-order chi connectivity index (χ1) is 10.1. The third-order valence-electron chi connectivity index (χ3n) is 3.51. The van der Waals surface area contributed by atoms with Crippen LogP contribution in [0.25, 0.3) is 0 Å². The van der Waals surface area contributed by atoms with Gasteiger partial charge in [0, 0.05) is 18.3 Å². The molecule has 118 valence electrons. The van der Waals surface area contributed by atoms with E-state index in [-0.39, 0.29) is 5.75 Å². The van der Waals surface area contributed by atoms with Crippen LogP contribution >= 0.6 is 11.8 Å². The minimum Gasteiger partial charge on any atom is -0.313 e. The second kappa shape index (κ2) is 8.17. The smallest absolute Gasteiger partial charge is 0.215 e. The van der Waals surface area contributed by atoms with Crippen LogP contribution in [0.1, 0.15) is 30.9 Å². The molecule has 1 aromatic rings. The van der Waals surface area contributed by atoms with Crippen LogP contribution in [0.15, 0.2) is 24.3 Å². The van der Waals surface area contributed by atoms with Gasteiger partial charge in [0.25, 0.3) is 0 Å². The van der Waals surface area contributed by atoms with Gasteiger partial charge in [0.2, 0.25) is 10.0 Å². The quantitative estimate of drug-likeness (QED) is 0.767. The number of hydrogen-bond donors (Lipinski definition) is 2. The number of rotatable bonds is 8. The molecule has 4 nitrogen and oxygen atoms in total. The van der Waals surface area contributed by atoms with E-state index >= 15 is 0 Å². The lowest BCUT2D eigenvalue weighted by Crippen LogP contribution is -2.30. The Hall–Kier alpha value is -0.560. The first-order valence-electron chi connectivity index (χ1n) is 7.46. The minimum absolute atomic E-state index is 0.0614. The van der Waals surface area contributed by atoms with Crippen LogP contribution in [-0.4, -0.2) is 32.5 Å². The fourth-order valence-electron chi connectivity index (χ4n) is 2.32. The van der Waals surface area contributed by atoms with Crippen LogP contribution < -0.4 is 10.0 Å². The molecule has 21 heavy (non-hydrogen) atoms. The number of hydrogen-bond acceptors (Lipinski definition) is 4. The summed E-state index contributed by atoms with van der Waals surface area (Å²) in [7, 11) is -3.23. The molecule has 1 saturated heterocycles. The molecule has 1 heterocycles. The summed E-state index contributed by atoms with van der Waals surface area (Å²) in [6, 6.07) is 7.77. The highest BCUT2D eigenvalue weighted by Crippen LogP contribution is 2.25. The Morgan fingerprint density at radius 2 is 1.95 bits per heavy atom. The van der Waals surface area contributed by atoms with Crippen molar-refractivity contribution >= 4 is 21.8 Å². The first kappa shape index (κ1) is 16.8. The third kappa shape index (κ3) is 5.98. The maximum Gasteiger partial charge on any atom is 0.215 e. The molecular formula is C15H24N2O2S2. The summed E-state index contributed by atoms with van der Waals surface area (Å²) in [5.74, 6) is 1.21. The van der Waals surface area contributed by atoms with Crippen molar-refractivity contribution in [2.24, 2.45) is 0 Å². The predicted molar refractivity (Wildman–Crippen MR) is 89.9 cm³/mol. The fourth-order valence-corrected chi connectivity index (χ4v) is 4.81. The molecule has 0 spiro atoms. The number of benzene rings is 1. The van der Waals surface area contributed by atoms with Gasteiger partial charge in [-0.05, 0) is 36.3 Å². The Kier molecular flexibility index (Phi) is 6.54. The van der Waals surface area contributed by atoms with Gasteiger partial charge in [-0.15, -0.1) is 0 Å². The van der Waals surface area contributed by atoms with Crippen molar-refractivity contribution in [2.45, 2.75) is 37.3 Å². The Labute approximate surface area is 132 Å². The van der Waals surface area contributed by atoms with E-state index < -0.39 is 10.0 Å². The van der Waals surface area contributed by atoms with Crippen molar-refractivity contribution in [3.05, 3.63) is 35.4 Å². The Balaban J connectivity index is 1.84.